The second-order valence-electron chi connectivity index (χ2n) is 11.1. The van der Waals surface area contributed by atoms with Gasteiger partial charge >= 0.3 is 0 Å². The summed E-state index contributed by atoms with van der Waals surface area (Å²) in [5, 5.41) is 7.11. The van der Waals surface area contributed by atoms with Crippen molar-refractivity contribution in [3.05, 3.63) is 60.7 Å². The number of hydrogen-bond acceptors (Lipinski definition) is 9. The molecular formula is C29H35N9O. The van der Waals surface area contributed by atoms with E-state index in [1.807, 2.05) is 18.2 Å². The molecule has 0 radical (unpaired) electrons. The molecular weight excluding hydrogens is 490 g/mol. The highest BCUT2D eigenvalue weighted by Crippen LogP contribution is 2.23. The van der Waals surface area contributed by atoms with Gasteiger partial charge in [-0.3, -0.25) is 14.7 Å². The molecule has 0 unspecified atom stereocenters. The molecule has 4 aromatic heterocycles. The molecule has 4 aromatic rings. The third-order valence-corrected chi connectivity index (χ3v) is 6.59. The Balaban J connectivity index is 1.32. The van der Waals surface area contributed by atoms with Gasteiger partial charge in [-0.05, 0) is 58.9 Å². The number of anilines is 3. The Labute approximate surface area is 228 Å². The van der Waals surface area contributed by atoms with Gasteiger partial charge in [-0.15, -0.1) is 0 Å². The highest BCUT2D eigenvalue weighted by Gasteiger charge is 2.21. The minimum Gasteiger partial charge on any atom is -0.364 e. The van der Waals surface area contributed by atoms with E-state index in [1.165, 1.54) is 0 Å². The van der Waals surface area contributed by atoms with Crippen molar-refractivity contribution in [2.75, 3.05) is 41.7 Å². The maximum absolute atomic E-state index is 13.1. The number of hydrogen-bond donors (Lipinski definition) is 2. The van der Waals surface area contributed by atoms with Crippen molar-refractivity contribution in [2.24, 2.45) is 0 Å². The van der Waals surface area contributed by atoms with Crippen LogP contribution in [0.15, 0.2) is 55.1 Å². The van der Waals surface area contributed by atoms with Crippen molar-refractivity contribution in [1.82, 2.24) is 29.8 Å². The summed E-state index contributed by atoms with van der Waals surface area (Å²) in [4.78, 5) is 40.5. The fraction of sp³-hybridized carbons (Fsp3) is 0.379. The molecule has 0 aromatic carbocycles. The Kier molecular flexibility index (Phi) is 7.38. The number of carbonyl (C=O) groups is 1. The van der Waals surface area contributed by atoms with Gasteiger partial charge in [0, 0.05) is 67.2 Å². The van der Waals surface area contributed by atoms with Crippen LogP contribution in [0, 0.1) is 0 Å². The SMILES string of the molecule is CC(C)N1CCN(c2cc(C(=O)Nc3cc4nc(-c5cncc(NC(C)(C)C)n5)ccc4cn3)ccn2)CC1. The first kappa shape index (κ1) is 26.4. The summed E-state index contributed by atoms with van der Waals surface area (Å²) in [6.45, 7) is 14.4. The first-order chi connectivity index (χ1) is 18.6. The molecule has 0 aliphatic carbocycles. The number of rotatable bonds is 6. The first-order valence-electron chi connectivity index (χ1n) is 13.3. The molecule has 10 nitrogen and oxygen atoms in total. The van der Waals surface area contributed by atoms with Crippen LogP contribution < -0.4 is 15.5 Å². The molecule has 1 fully saturated rings. The molecule has 10 heteroatoms. The van der Waals surface area contributed by atoms with Gasteiger partial charge in [0.2, 0.25) is 0 Å². The van der Waals surface area contributed by atoms with Crippen molar-refractivity contribution in [1.29, 1.82) is 0 Å². The van der Waals surface area contributed by atoms with Crippen LogP contribution in [0.5, 0.6) is 0 Å². The van der Waals surface area contributed by atoms with Crippen molar-refractivity contribution in [3.63, 3.8) is 0 Å². The molecule has 0 spiro atoms. The zero-order valence-corrected chi connectivity index (χ0v) is 23.1. The zero-order chi connectivity index (χ0) is 27.6. The maximum atomic E-state index is 13.1. The summed E-state index contributed by atoms with van der Waals surface area (Å²) in [5.41, 5.74) is 2.45. The lowest BCUT2D eigenvalue weighted by molar-refractivity contribution is 0.102. The number of pyridine rings is 3. The van der Waals surface area contributed by atoms with Gasteiger partial charge in [0.1, 0.15) is 23.1 Å². The van der Waals surface area contributed by atoms with E-state index in [1.54, 1.807) is 36.9 Å². The molecule has 1 amide bonds. The number of carbonyl (C=O) groups excluding carboxylic acids is 1. The standard InChI is InChI=1S/C29H35N9O/c1-19(2)37-10-12-38(13-11-37)27-14-20(8-9-31-27)28(39)35-25-15-23-21(16-32-25)6-7-22(33-23)24-17-30-18-26(34-24)36-29(3,4)5/h6-9,14-19H,10-13H2,1-5H3,(H,34,36)(H,32,35,39). The summed E-state index contributed by atoms with van der Waals surface area (Å²) >= 11 is 0. The molecule has 39 heavy (non-hydrogen) atoms. The molecule has 202 valence electrons. The number of piperazine rings is 1. The summed E-state index contributed by atoms with van der Waals surface area (Å²) in [6.07, 6.45) is 6.78. The highest BCUT2D eigenvalue weighted by atomic mass is 16.1. The van der Waals surface area contributed by atoms with Gasteiger partial charge in [0.25, 0.3) is 5.91 Å². The smallest absolute Gasteiger partial charge is 0.257 e. The average molecular weight is 526 g/mol. The van der Waals surface area contributed by atoms with Gasteiger partial charge < -0.3 is 15.5 Å². The van der Waals surface area contributed by atoms with E-state index < -0.39 is 0 Å². The van der Waals surface area contributed by atoms with Gasteiger partial charge in [0.05, 0.1) is 23.6 Å². The molecule has 0 bridgehead atoms. The Morgan fingerprint density at radius 3 is 2.44 bits per heavy atom. The molecule has 1 saturated heterocycles. The number of fused-ring (bicyclic) bond motifs is 1. The van der Waals surface area contributed by atoms with Crippen LogP contribution in [0.3, 0.4) is 0 Å². The number of aromatic nitrogens is 5. The predicted octanol–water partition coefficient (Wildman–Crippen LogP) is 4.47. The van der Waals surface area contributed by atoms with Crippen LogP contribution in [0.4, 0.5) is 17.5 Å². The van der Waals surface area contributed by atoms with E-state index in [2.05, 4.69) is 75.0 Å². The Bertz CT molecular complexity index is 1470. The first-order valence-corrected chi connectivity index (χ1v) is 13.3. The van der Waals surface area contributed by atoms with Crippen LogP contribution in [0.2, 0.25) is 0 Å². The number of amides is 1. The number of nitrogens with one attached hydrogen (secondary N) is 2. The monoisotopic (exact) mass is 525 g/mol. The second kappa shape index (κ2) is 10.9. The van der Waals surface area contributed by atoms with Gasteiger partial charge in [-0.2, -0.15) is 0 Å². The fourth-order valence-corrected chi connectivity index (χ4v) is 4.55. The van der Waals surface area contributed by atoms with Crippen LogP contribution in [0.25, 0.3) is 22.3 Å². The highest BCUT2D eigenvalue weighted by molar-refractivity contribution is 6.04. The quantitative estimate of drug-likeness (QED) is 0.376. The predicted molar refractivity (Wildman–Crippen MR) is 155 cm³/mol. The van der Waals surface area contributed by atoms with E-state index in [0.29, 0.717) is 40.1 Å². The topological polar surface area (TPSA) is 112 Å². The lowest BCUT2D eigenvalue weighted by atomic mass is 10.1. The minimum atomic E-state index is -0.241. The molecule has 5 rings (SSSR count). The van der Waals surface area contributed by atoms with E-state index in [0.717, 1.165) is 37.4 Å². The maximum Gasteiger partial charge on any atom is 0.257 e. The van der Waals surface area contributed by atoms with E-state index in [-0.39, 0.29) is 11.4 Å². The van der Waals surface area contributed by atoms with Crippen LogP contribution in [-0.4, -0.2) is 73.5 Å². The summed E-state index contributed by atoms with van der Waals surface area (Å²) in [7, 11) is 0. The summed E-state index contributed by atoms with van der Waals surface area (Å²) in [5.74, 6) is 1.68. The van der Waals surface area contributed by atoms with Crippen molar-refractivity contribution >= 4 is 34.3 Å². The largest absolute Gasteiger partial charge is 0.364 e. The lowest BCUT2D eigenvalue weighted by Crippen LogP contribution is -2.49. The number of nitrogens with zero attached hydrogens (tertiary/aromatic N) is 7. The third-order valence-electron chi connectivity index (χ3n) is 6.59. The molecule has 5 heterocycles. The molecule has 1 aliphatic rings. The van der Waals surface area contributed by atoms with Crippen molar-refractivity contribution < 1.29 is 4.79 Å². The van der Waals surface area contributed by atoms with E-state index >= 15 is 0 Å². The zero-order valence-electron chi connectivity index (χ0n) is 23.1. The van der Waals surface area contributed by atoms with Gasteiger partial charge in [0.15, 0.2) is 0 Å². The minimum absolute atomic E-state index is 0.138. The fourth-order valence-electron chi connectivity index (χ4n) is 4.55. The van der Waals surface area contributed by atoms with Crippen LogP contribution in [-0.2, 0) is 0 Å². The second-order valence-corrected chi connectivity index (χ2v) is 11.1. The van der Waals surface area contributed by atoms with Gasteiger partial charge in [-0.25, -0.2) is 19.9 Å². The Hall–Kier alpha value is -4.18. The van der Waals surface area contributed by atoms with Crippen molar-refractivity contribution in [2.45, 2.75) is 46.2 Å². The molecule has 1 aliphatic heterocycles. The molecule has 0 saturated carbocycles. The Morgan fingerprint density at radius 1 is 0.897 bits per heavy atom. The van der Waals surface area contributed by atoms with E-state index in [9.17, 15) is 4.79 Å². The molecule has 0 atom stereocenters. The molecule has 2 N–H and O–H groups in total. The third kappa shape index (κ3) is 6.46. The lowest BCUT2D eigenvalue weighted by Gasteiger charge is -2.37. The average Bonchev–Trinajstić information content (AvgIpc) is 2.92. The van der Waals surface area contributed by atoms with Crippen molar-refractivity contribution in [3.8, 4) is 11.4 Å². The van der Waals surface area contributed by atoms with Gasteiger partial charge in [-0.1, -0.05) is 0 Å². The summed E-state index contributed by atoms with van der Waals surface area (Å²) < 4.78 is 0. The Morgan fingerprint density at radius 2 is 1.69 bits per heavy atom. The van der Waals surface area contributed by atoms with Crippen LogP contribution >= 0.6 is 0 Å². The summed E-state index contributed by atoms with van der Waals surface area (Å²) in [6, 6.07) is 9.70. The normalized spacial score (nSPS) is 14.6. The van der Waals surface area contributed by atoms with Crippen LogP contribution in [0.1, 0.15) is 45.0 Å². The van der Waals surface area contributed by atoms with E-state index in [4.69, 9.17) is 4.98 Å².